The number of hydrogen-bond acceptors (Lipinski definition) is 2. The van der Waals surface area contributed by atoms with Crippen LogP contribution in [0, 0.1) is 11.8 Å². The molecule has 2 nitrogen and oxygen atoms in total. The van der Waals surface area contributed by atoms with Gasteiger partial charge in [0.15, 0.2) is 0 Å². The summed E-state index contributed by atoms with van der Waals surface area (Å²) in [5, 5.41) is 0. The van der Waals surface area contributed by atoms with E-state index < -0.39 is 0 Å². The molecule has 1 aromatic carbocycles. The maximum Gasteiger partial charge on any atom is 0.150 e. The molecule has 0 N–H and O–H groups in total. The van der Waals surface area contributed by atoms with Crippen LogP contribution >= 0.6 is 0 Å². The fourth-order valence-corrected chi connectivity index (χ4v) is 2.12. The molecule has 0 heterocycles. The Hall–Kier alpha value is -1.57. The zero-order valence-electron chi connectivity index (χ0n) is 10.1. The molecule has 2 atom stereocenters. The summed E-state index contributed by atoms with van der Waals surface area (Å²) in [6.45, 7) is 2.99. The van der Waals surface area contributed by atoms with Crippen LogP contribution in [0.3, 0.4) is 0 Å². The quantitative estimate of drug-likeness (QED) is 0.584. The third-order valence-corrected chi connectivity index (χ3v) is 3.38. The summed E-state index contributed by atoms with van der Waals surface area (Å²) in [5.41, 5.74) is 0.666. The number of ether oxygens (including phenoxy) is 1. The number of rotatable bonds is 4. The van der Waals surface area contributed by atoms with Crippen LogP contribution in [0.25, 0.3) is 0 Å². The Morgan fingerprint density at radius 3 is 2.94 bits per heavy atom. The van der Waals surface area contributed by atoms with Gasteiger partial charge in [-0.2, -0.15) is 0 Å². The molecule has 0 radical (unpaired) electrons. The molecule has 0 spiro atoms. The first kappa shape index (κ1) is 11.9. The van der Waals surface area contributed by atoms with Gasteiger partial charge in [0, 0.05) is 5.56 Å². The highest BCUT2D eigenvalue weighted by atomic mass is 16.5. The maximum atomic E-state index is 10.7. The zero-order chi connectivity index (χ0) is 12.1. The van der Waals surface area contributed by atoms with Crippen molar-refractivity contribution in [3.8, 4) is 5.75 Å². The van der Waals surface area contributed by atoms with Crippen LogP contribution in [0.2, 0.25) is 0 Å². The molecule has 17 heavy (non-hydrogen) atoms. The van der Waals surface area contributed by atoms with E-state index in [9.17, 15) is 4.79 Å². The van der Waals surface area contributed by atoms with Crippen LogP contribution in [0.4, 0.5) is 0 Å². The largest absolute Gasteiger partial charge is 0.493 e. The summed E-state index contributed by atoms with van der Waals surface area (Å²) >= 11 is 0. The Labute approximate surface area is 102 Å². The highest BCUT2D eigenvalue weighted by molar-refractivity contribution is 5.75. The number of hydrogen-bond donors (Lipinski definition) is 0. The summed E-state index contributed by atoms with van der Waals surface area (Å²) in [6.07, 6.45) is 7.56. The van der Waals surface area contributed by atoms with Gasteiger partial charge in [0.25, 0.3) is 0 Å². The van der Waals surface area contributed by atoms with Crippen molar-refractivity contribution in [1.29, 1.82) is 0 Å². The average Bonchev–Trinajstić information content (AvgIpc) is 2.38. The van der Waals surface area contributed by atoms with Gasteiger partial charge in [-0.3, -0.25) is 4.79 Å². The Kier molecular flexibility index (Phi) is 3.97. The number of allylic oxidation sites excluding steroid dienone is 2. The minimum Gasteiger partial charge on any atom is -0.493 e. The van der Waals surface area contributed by atoms with E-state index in [2.05, 4.69) is 19.1 Å². The van der Waals surface area contributed by atoms with Gasteiger partial charge in [0.1, 0.15) is 12.0 Å². The molecule has 1 aromatic rings. The lowest BCUT2D eigenvalue weighted by Gasteiger charge is -2.25. The molecule has 0 amide bonds. The summed E-state index contributed by atoms with van der Waals surface area (Å²) in [7, 11) is 0. The third kappa shape index (κ3) is 3.19. The smallest absolute Gasteiger partial charge is 0.150 e. The van der Waals surface area contributed by atoms with Crippen LogP contribution in [0.5, 0.6) is 5.75 Å². The van der Waals surface area contributed by atoms with Crippen LogP contribution in [0.15, 0.2) is 36.4 Å². The molecule has 1 aliphatic rings. The van der Waals surface area contributed by atoms with E-state index >= 15 is 0 Å². The Balaban J connectivity index is 1.92. The molecular weight excluding hydrogens is 212 g/mol. The molecular formula is C15H18O2. The molecule has 0 aromatic heterocycles. The minimum atomic E-state index is 0.583. The highest BCUT2D eigenvalue weighted by Gasteiger charge is 2.18. The van der Waals surface area contributed by atoms with E-state index in [1.165, 1.54) is 0 Å². The van der Waals surface area contributed by atoms with E-state index in [0.717, 1.165) is 31.5 Å². The van der Waals surface area contributed by atoms with Crippen LogP contribution in [0.1, 0.15) is 30.1 Å². The standard InChI is InChI=1S/C15H18O2/c1-12-5-2-3-7-14(12)11-17-15-8-4-6-13(9-15)10-16/h2-4,6,8-10,12,14H,5,7,11H2,1H3. The third-order valence-electron chi connectivity index (χ3n) is 3.38. The van der Waals surface area contributed by atoms with Gasteiger partial charge in [-0.25, -0.2) is 0 Å². The van der Waals surface area contributed by atoms with Crippen molar-refractivity contribution in [2.24, 2.45) is 11.8 Å². The second kappa shape index (κ2) is 5.67. The van der Waals surface area contributed by atoms with Gasteiger partial charge in [-0.1, -0.05) is 31.2 Å². The predicted octanol–water partition coefficient (Wildman–Crippen LogP) is 3.48. The number of aldehydes is 1. The Morgan fingerprint density at radius 1 is 1.35 bits per heavy atom. The van der Waals surface area contributed by atoms with Crippen molar-refractivity contribution in [1.82, 2.24) is 0 Å². The molecule has 0 saturated heterocycles. The fourth-order valence-electron chi connectivity index (χ4n) is 2.12. The van der Waals surface area contributed by atoms with Gasteiger partial charge in [-0.05, 0) is 36.8 Å². The van der Waals surface area contributed by atoms with Crippen molar-refractivity contribution in [3.05, 3.63) is 42.0 Å². The first-order valence-corrected chi connectivity index (χ1v) is 6.12. The predicted molar refractivity (Wildman–Crippen MR) is 68.4 cm³/mol. The topological polar surface area (TPSA) is 26.3 Å². The second-order valence-electron chi connectivity index (χ2n) is 4.68. The van der Waals surface area contributed by atoms with Gasteiger partial charge >= 0.3 is 0 Å². The van der Waals surface area contributed by atoms with E-state index in [-0.39, 0.29) is 0 Å². The molecule has 1 aliphatic carbocycles. The summed E-state index contributed by atoms with van der Waals surface area (Å²) < 4.78 is 5.77. The Morgan fingerprint density at radius 2 is 2.18 bits per heavy atom. The summed E-state index contributed by atoms with van der Waals surface area (Å²) in [5.74, 6) is 2.05. The Bertz CT molecular complexity index is 409. The number of carbonyl (C=O) groups is 1. The lowest BCUT2D eigenvalue weighted by atomic mass is 9.85. The van der Waals surface area contributed by atoms with E-state index in [0.29, 0.717) is 17.4 Å². The van der Waals surface area contributed by atoms with Gasteiger partial charge < -0.3 is 4.74 Å². The van der Waals surface area contributed by atoms with Crippen molar-refractivity contribution in [2.75, 3.05) is 6.61 Å². The van der Waals surface area contributed by atoms with E-state index in [1.54, 1.807) is 12.1 Å². The van der Waals surface area contributed by atoms with Gasteiger partial charge in [0.2, 0.25) is 0 Å². The van der Waals surface area contributed by atoms with Crippen molar-refractivity contribution >= 4 is 6.29 Å². The maximum absolute atomic E-state index is 10.7. The van der Waals surface area contributed by atoms with Crippen molar-refractivity contribution < 1.29 is 9.53 Å². The van der Waals surface area contributed by atoms with Crippen molar-refractivity contribution in [2.45, 2.75) is 19.8 Å². The fraction of sp³-hybridized carbons (Fsp3) is 0.400. The molecule has 0 bridgehead atoms. The average molecular weight is 230 g/mol. The second-order valence-corrected chi connectivity index (χ2v) is 4.68. The molecule has 90 valence electrons. The monoisotopic (exact) mass is 230 g/mol. The highest BCUT2D eigenvalue weighted by Crippen LogP contribution is 2.25. The first-order chi connectivity index (χ1) is 8.29. The van der Waals surface area contributed by atoms with Crippen LogP contribution in [-0.4, -0.2) is 12.9 Å². The molecule has 2 heteroatoms. The van der Waals surface area contributed by atoms with E-state index in [1.807, 2.05) is 12.1 Å². The lowest BCUT2D eigenvalue weighted by Crippen LogP contribution is -2.21. The zero-order valence-corrected chi connectivity index (χ0v) is 10.1. The SMILES string of the molecule is CC1CC=CCC1COc1cccc(C=O)c1. The first-order valence-electron chi connectivity index (χ1n) is 6.12. The molecule has 0 aliphatic heterocycles. The van der Waals surface area contributed by atoms with Gasteiger partial charge in [-0.15, -0.1) is 0 Å². The summed E-state index contributed by atoms with van der Waals surface area (Å²) in [4.78, 5) is 10.7. The van der Waals surface area contributed by atoms with Crippen LogP contribution in [-0.2, 0) is 0 Å². The number of benzene rings is 1. The molecule has 2 rings (SSSR count). The minimum absolute atomic E-state index is 0.583. The normalized spacial score (nSPS) is 23.4. The van der Waals surface area contributed by atoms with E-state index in [4.69, 9.17) is 4.74 Å². The lowest BCUT2D eigenvalue weighted by molar-refractivity contribution is 0.112. The molecule has 0 saturated carbocycles. The molecule has 2 unspecified atom stereocenters. The summed E-state index contributed by atoms with van der Waals surface area (Å²) in [6, 6.07) is 7.32. The van der Waals surface area contributed by atoms with Crippen LogP contribution < -0.4 is 4.74 Å². The number of carbonyl (C=O) groups excluding carboxylic acids is 1. The van der Waals surface area contributed by atoms with Crippen molar-refractivity contribution in [3.63, 3.8) is 0 Å². The van der Waals surface area contributed by atoms with Gasteiger partial charge in [0.05, 0.1) is 6.61 Å². The molecule has 0 fully saturated rings.